The molecule has 0 saturated carbocycles. The molecule has 0 radical (unpaired) electrons. The zero-order valence-corrected chi connectivity index (χ0v) is 16.1. The first-order valence-electron chi connectivity index (χ1n) is 9.81. The van der Waals surface area contributed by atoms with Crippen molar-refractivity contribution in [3.63, 3.8) is 0 Å². The maximum absolute atomic E-state index is 13.3. The minimum absolute atomic E-state index is 0.272. The summed E-state index contributed by atoms with van der Waals surface area (Å²) >= 11 is 0. The third kappa shape index (κ3) is 5.60. The van der Waals surface area contributed by atoms with Crippen molar-refractivity contribution in [2.75, 3.05) is 19.7 Å². The van der Waals surface area contributed by atoms with E-state index in [0.717, 1.165) is 31.5 Å². The SMILES string of the molecule is Fc1cccc(Cc2noc(CN3CCC[C@@H](COc4cccc(F)c4)C3)n2)c1. The monoisotopic (exact) mass is 399 g/mol. The molecule has 29 heavy (non-hydrogen) atoms. The van der Waals surface area contributed by atoms with Crippen molar-refractivity contribution in [2.24, 2.45) is 5.92 Å². The van der Waals surface area contributed by atoms with Gasteiger partial charge < -0.3 is 9.26 Å². The van der Waals surface area contributed by atoms with Crippen LogP contribution in [0.2, 0.25) is 0 Å². The van der Waals surface area contributed by atoms with Crippen molar-refractivity contribution in [1.82, 2.24) is 15.0 Å². The van der Waals surface area contributed by atoms with Crippen molar-refractivity contribution in [1.29, 1.82) is 0 Å². The first kappa shape index (κ1) is 19.5. The van der Waals surface area contributed by atoms with Gasteiger partial charge in [-0.15, -0.1) is 0 Å². The van der Waals surface area contributed by atoms with Crippen molar-refractivity contribution < 1.29 is 18.0 Å². The largest absolute Gasteiger partial charge is 0.493 e. The van der Waals surface area contributed by atoms with Gasteiger partial charge in [0.05, 0.1) is 13.2 Å². The van der Waals surface area contributed by atoms with E-state index in [1.54, 1.807) is 18.2 Å². The summed E-state index contributed by atoms with van der Waals surface area (Å²) in [6.45, 7) is 2.94. The van der Waals surface area contributed by atoms with E-state index in [1.807, 2.05) is 6.07 Å². The number of rotatable bonds is 7. The molecule has 2 aromatic carbocycles. The molecule has 0 amide bonds. The van der Waals surface area contributed by atoms with Crippen LogP contribution in [0, 0.1) is 17.6 Å². The Morgan fingerprint density at radius 3 is 2.76 bits per heavy atom. The summed E-state index contributed by atoms with van der Waals surface area (Å²) in [6, 6.07) is 12.6. The lowest BCUT2D eigenvalue weighted by molar-refractivity contribution is 0.115. The molecule has 7 heteroatoms. The Kier molecular flexibility index (Phi) is 6.14. The maximum atomic E-state index is 13.3. The minimum Gasteiger partial charge on any atom is -0.493 e. The first-order valence-corrected chi connectivity index (χ1v) is 9.81. The number of halogens is 2. The zero-order chi connectivity index (χ0) is 20.1. The van der Waals surface area contributed by atoms with Crippen LogP contribution in [0.25, 0.3) is 0 Å². The number of ether oxygens (including phenoxy) is 1. The second-order valence-corrected chi connectivity index (χ2v) is 7.42. The number of aromatic nitrogens is 2. The van der Waals surface area contributed by atoms with Gasteiger partial charge in [0, 0.05) is 24.9 Å². The molecule has 1 aliphatic heterocycles. The highest BCUT2D eigenvalue weighted by Gasteiger charge is 2.22. The van der Waals surface area contributed by atoms with Crippen LogP contribution in [-0.4, -0.2) is 34.7 Å². The Morgan fingerprint density at radius 2 is 1.93 bits per heavy atom. The van der Waals surface area contributed by atoms with Gasteiger partial charge in [0.2, 0.25) is 5.89 Å². The Balaban J connectivity index is 1.28. The number of hydrogen-bond donors (Lipinski definition) is 0. The fourth-order valence-corrected chi connectivity index (χ4v) is 3.65. The van der Waals surface area contributed by atoms with E-state index < -0.39 is 0 Å². The van der Waals surface area contributed by atoms with Crippen LogP contribution in [-0.2, 0) is 13.0 Å². The van der Waals surface area contributed by atoms with E-state index in [0.29, 0.717) is 43.0 Å². The molecule has 1 saturated heterocycles. The topological polar surface area (TPSA) is 51.4 Å². The standard InChI is InChI=1S/C22H23F2N3O2/c23-18-6-1-4-16(10-18)11-21-25-22(29-26-21)14-27-9-3-5-17(13-27)15-28-20-8-2-7-19(24)12-20/h1-2,4,6-8,10,12,17H,3,5,9,11,13-15H2/t17-/m1/s1. The van der Waals surface area contributed by atoms with E-state index >= 15 is 0 Å². The highest BCUT2D eigenvalue weighted by Crippen LogP contribution is 2.21. The van der Waals surface area contributed by atoms with E-state index in [9.17, 15) is 8.78 Å². The summed E-state index contributed by atoms with van der Waals surface area (Å²) in [4.78, 5) is 6.71. The molecule has 152 valence electrons. The summed E-state index contributed by atoms with van der Waals surface area (Å²) in [5.41, 5.74) is 0.810. The molecule has 1 atom stereocenters. The van der Waals surface area contributed by atoms with E-state index in [-0.39, 0.29) is 11.6 Å². The quantitative estimate of drug-likeness (QED) is 0.595. The van der Waals surface area contributed by atoms with Crippen LogP contribution >= 0.6 is 0 Å². The number of nitrogens with zero attached hydrogens (tertiary/aromatic N) is 3. The molecule has 0 bridgehead atoms. The van der Waals surface area contributed by atoms with Crippen molar-refractivity contribution >= 4 is 0 Å². The normalized spacial score (nSPS) is 17.4. The summed E-state index contributed by atoms with van der Waals surface area (Å²) in [5.74, 6) is 1.46. The highest BCUT2D eigenvalue weighted by atomic mass is 19.1. The maximum Gasteiger partial charge on any atom is 0.240 e. The van der Waals surface area contributed by atoms with Gasteiger partial charge in [-0.2, -0.15) is 4.98 Å². The lowest BCUT2D eigenvalue weighted by atomic mass is 9.99. The predicted molar refractivity (Wildman–Crippen MR) is 103 cm³/mol. The summed E-state index contributed by atoms with van der Waals surface area (Å²) in [7, 11) is 0. The molecule has 0 unspecified atom stereocenters. The molecule has 4 rings (SSSR count). The predicted octanol–water partition coefficient (Wildman–Crippen LogP) is 4.23. The van der Waals surface area contributed by atoms with Crippen molar-refractivity contribution in [3.05, 3.63) is 77.4 Å². The van der Waals surface area contributed by atoms with E-state index in [1.165, 1.54) is 24.3 Å². The van der Waals surface area contributed by atoms with Crippen LogP contribution in [0.3, 0.4) is 0 Å². The lowest BCUT2D eigenvalue weighted by Crippen LogP contribution is -2.37. The van der Waals surface area contributed by atoms with Gasteiger partial charge in [-0.25, -0.2) is 8.78 Å². The van der Waals surface area contributed by atoms with Gasteiger partial charge >= 0.3 is 0 Å². The number of likely N-dealkylation sites (tertiary alicyclic amines) is 1. The van der Waals surface area contributed by atoms with Crippen LogP contribution in [0.15, 0.2) is 53.1 Å². The molecule has 0 spiro atoms. The second-order valence-electron chi connectivity index (χ2n) is 7.42. The Morgan fingerprint density at radius 1 is 1.10 bits per heavy atom. The van der Waals surface area contributed by atoms with Gasteiger partial charge in [0.1, 0.15) is 17.4 Å². The molecule has 5 nitrogen and oxygen atoms in total. The third-order valence-corrected chi connectivity index (χ3v) is 5.01. The molecule has 0 N–H and O–H groups in total. The summed E-state index contributed by atoms with van der Waals surface area (Å²) in [6.07, 6.45) is 2.56. The van der Waals surface area contributed by atoms with Crippen molar-refractivity contribution in [2.45, 2.75) is 25.8 Å². The molecular weight excluding hydrogens is 376 g/mol. The molecular formula is C22H23F2N3O2. The molecule has 2 heterocycles. The van der Waals surface area contributed by atoms with E-state index in [2.05, 4.69) is 15.0 Å². The summed E-state index contributed by atoms with van der Waals surface area (Å²) < 4.78 is 37.7. The van der Waals surface area contributed by atoms with Crippen LogP contribution in [0.4, 0.5) is 8.78 Å². The molecule has 3 aromatic rings. The van der Waals surface area contributed by atoms with Crippen LogP contribution in [0.1, 0.15) is 30.1 Å². The Hall–Kier alpha value is -2.80. The average Bonchev–Trinajstić information content (AvgIpc) is 3.13. The first-order chi connectivity index (χ1) is 14.1. The Bertz CT molecular complexity index is 947. The second kappa shape index (κ2) is 9.13. The number of benzene rings is 2. The minimum atomic E-state index is -0.293. The number of hydrogen-bond acceptors (Lipinski definition) is 5. The molecule has 1 aromatic heterocycles. The fraction of sp³-hybridized carbons (Fsp3) is 0.364. The van der Waals surface area contributed by atoms with Crippen LogP contribution < -0.4 is 4.74 Å². The van der Waals surface area contributed by atoms with Gasteiger partial charge in [-0.3, -0.25) is 4.90 Å². The Labute approximate surface area is 168 Å². The molecule has 0 aliphatic carbocycles. The zero-order valence-electron chi connectivity index (χ0n) is 16.1. The number of piperidine rings is 1. The van der Waals surface area contributed by atoms with E-state index in [4.69, 9.17) is 9.26 Å². The smallest absolute Gasteiger partial charge is 0.240 e. The van der Waals surface area contributed by atoms with Gasteiger partial charge in [-0.1, -0.05) is 23.4 Å². The van der Waals surface area contributed by atoms with Gasteiger partial charge in [-0.05, 0) is 49.2 Å². The van der Waals surface area contributed by atoms with Crippen LogP contribution in [0.5, 0.6) is 5.75 Å². The summed E-state index contributed by atoms with van der Waals surface area (Å²) in [5, 5.41) is 4.01. The average molecular weight is 399 g/mol. The van der Waals surface area contributed by atoms with Gasteiger partial charge in [0.15, 0.2) is 5.82 Å². The van der Waals surface area contributed by atoms with Crippen molar-refractivity contribution in [3.8, 4) is 5.75 Å². The van der Waals surface area contributed by atoms with Gasteiger partial charge in [0.25, 0.3) is 0 Å². The molecule has 1 aliphatic rings. The third-order valence-electron chi connectivity index (χ3n) is 5.01. The highest BCUT2D eigenvalue weighted by molar-refractivity contribution is 5.22. The lowest BCUT2D eigenvalue weighted by Gasteiger charge is -2.31. The fourth-order valence-electron chi connectivity index (χ4n) is 3.65. The molecule has 1 fully saturated rings.